The predicted molar refractivity (Wildman–Crippen MR) is 82.9 cm³/mol. The summed E-state index contributed by atoms with van der Waals surface area (Å²) in [5.74, 6) is -0.205. The number of rotatable bonds is 9. The number of nitrogens with one attached hydrogen (secondary N) is 1. The minimum absolute atomic E-state index is 0.0879. The van der Waals surface area contributed by atoms with Gasteiger partial charge in [0.2, 0.25) is 0 Å². The molecule has 1 rings (SSSR count). The molecule has 0 fully saturated rings. The van der Waals surface area contributed by atoms with Gasteiger partial charge in [0.05, 0.1) is 6.10 Å². The highest BCUT2D eigenvalue weighted by molar-refractivity contribution is 6.30. The van der Waals surface area contributed by atoms with Crippen molar-refractivity contribution >= 4 is 11.6 Å². The third kappa shape index (κ3) is 5.39. The molecular formula is C16H25ClFNO. The lowest BCUT2D eigenvalue weighted by molar-refractivity contribution is 0.0606. The first-order valence-corrected chi connectivity index (χ1v) is 7.70. The molecule has 0 amide bonds. The van der Waals surface area contributed by atoms with Gasteiger partial charge < -0.3 is 10.1 Å². The summed E-state index contributed by atoms with van der Waals surface area (Å²) in [5.41, 5.74) is 0.643. The van der Waals surface area contributed by atoms with Gasteiger partial charge in [-0.25, -0.2) is 4.39 Å². The van der Waals surface area contributed by atoms with E-state index in [1.165, 1.54) is 6.07 Å². The van der Waals surface area contributed by atoms with E-state index in [4.69, 9.17) is 16.3 Å². The van der Waals surface area contributed by atoms with Crippen LogP contribution in [-0.2, 0) is 11.2 Å². The quantitative estimate of drug-likeness (QED) is 0.738. The van der Waals surface area contributed by atoms with Gasteiger partial charge in [-0.1, -0.05) is 31.9 Å². The Morgan fingerprint density at radius 3 is 2.65 bits per heavy atom. The molecule has 0 aliphatic heterocycles. The minimum Gasteiger partial charge on any atom is -0.380 e. The van der Waals surface area contributed by atoms with Gasteiger partial charge in [0.25, 0.3) is 0 Å². The molecule has 1 N–H and O–H groups in total. The zero-order valence-corrected chi connectivity index (χ0v) is 13.3. The molecular weight excluding hydrogens is 277 g/mol. The monoisotopic (exact) mass is 301 g/mol. The van der Waals surface area contributed by atoms with E-state index in [2.05, 4.69) is 19.2 Å². The van der Waals surface area contributed by atoms with Crippen molar-refractivity contribution < 1.29 is 9.13 Å². The van der Waals surface area contributed by atoms with Crippen LogP contribution in [-0.4, -0.2) is 25.8 Å². The maximum atomic E-state index is 13.9. The number of halogens is 2. The molecule has 2 nitrogen and oxygen atoms in total. The van der Waals surface area contributed by atoms with Crippen molar-refractivity contribution in [3.8, 4) is 0 Å². The Labute approximate surface area is 126 Å². The summed E-state index contributed by atoms with van der Waals surface area (Å²) in [6, 6.07) is 4.81. The molecule has 1 aromatic rings. The molecule has 2 unspecified atom stereocenters. The number of hydrogen-bond acceptors (Lipinski definition) is 2. The van der Waals surface area contributed by atoms with Gasteiger partial charge in [-0.2, -0.15) is 0 Å². The molecule has 2 atom stereocenters. The Hall–Kier alpha value is -0.640. The number of benzene rings is 1. The van der Waals surface area contributed by atoms with Crippen LogP contribution in [0, 0.1) is 5.82 Å². The highest BCUT2D eigenvalue weighted by Crippen LogP contribution is 2.19. The summed E-state index contributed by atoms with van der Waals surface area (Å²) in [4.78, 5) is 0. The lowest BCUT2D eigenvalue weighted by atomic mass is 9.97. The molecule has 1 aromatic carbocycles. The Balaban J connectivity index is 2.84. The second kappa shape index (κ2) is 9.32. The maximum Gasteiger partial charge on any atom is 0.126 e. The molecule has 114 valence electrons. The topological polar surface area (TPSA) is 21.3 Å². The zero-order valence-electron chi connectivity index (χ0n) is 12.6. The van der Waals surface area contributed by atoms with E-state index < -0.39 is 0 Å². The largest absolute Gasteiger partial charge is 0.380 e. The first-order chi connectivity index (χ1) is 9.62. The Kier molecular flexibility index (Phi) is 8.12. The normalized spacial score (nSPS) is 14.2. The fourth-order valence-corrected chi connectivity index (χ4v) is 2.56. The van der Waals surface area contributed by atoms with E-state index in [1.54, 1.807) is 19.2 Å². The predicted octanol–water partition coefficient (Wildman–Crippen LogP) is 4.20. The Morgan fingerprint density at radius 2 is 2.05 bits per heavy atom. The van der Waals surface area contributed by atoms with Gasteiger partial charge in [-0.15, -0.1) is 0 Å². The van der Waals surface area contributed by atoms with Crippen molar-refractivity contribution in [1.82, 2.24) is 5.32 Å². The molecule has 4 heteroatoms. The molecule has 0 aliphatic rings. The van der Waals surface area contributed by atoms with Crippen LogP contribution in [0.5, 0.6) is 0 Å². The summed E-state index contributed by atoms with van der Waals surface area (Å²) < 4.78 is 19.5. The highest BCUT2D eigenvalue weighted by atomic mass is 35.5. The second-order valence-corrected chi connectivity index (χ2v) is 5.50. The standard InChI is InChI=1S/C16H25ClFNO/c1-4-6-16(20-3)15(19-9-5-2)11-12-10-13(17)7-8-14(12)18/h7-8,10,15-16,19H,4-6,9,11H2,1-3H3. The smallest absolute Gasteiger partial charge is 0.126 e. The minimum atomic E-state index is -0.205. The molecule has 20 heavy (non-hydrogen) atoms. The van der Waals surface area contributed by atoms with E-state index in [0.29, 0.717) is 17.0 Å². The third-order valence-electron chi connectivity index (χ3n) is 3.43. The lowest BCUT2D eigenvalue weighted by Gasteiger charge is -2.27. The average molecular weight is 302 g/mol. The molecule has 0 radical (unpaired) electrons. The first kappa shape index (κ1) is 17.4. The van der Waals surface area contributed by atoms with E-state index >= 15 is 0 Å². The van der Waals surface area contributed by atoms with Crippen molar-refractivity contribution in [2.45, 2.75) is 51.7 Å². The lowest BCUT2D eigenvalue weighted by Crippen LogP contribution is -2.43. The van der Waals surface area contributed by atoms with Crippen LogP contribution in [0.4, 0.5) is 4.39 Å². The first-order valence-electron chi connectivity index (χ1n) is 7.32. The van der Waals surface area contributed by atoms with E-state index in [9.17, 15) is 4.39 Å². The van der Waals surface area contributed by atoms with Crippen LogP contribution in [0.15, 0.2) is 18.2 Å². The van der Waals surface area contributed by atoms with Crippen LogP contribution in [0.2, 0.25) is 5.02 Å². The molecule has 0 bridgehead atoms. The molecule has 0 saturated heterocycles. The molecule has 0 spiro atoms. The molecule has 0 aromatic heterocycles. The highest BCUT2D eigenvalue weighted by Gasteiger charge is 2.21. The van der Waals surface area contributed by atoms with Gasteiger partial charge in [-0.05, 0) is 49.6 Å². The van der Waals surface area contributed by atoms with Gasteiger partial charge in [-0.3, -0.25) is 0 Å². The van der Waals surface area contributed by atoms with Gasteiger partial charge >= 0.3 is 0 Å². The molecule has 0 saturated carbocycles. The zero-order chi connectivity index (χ0) is 15.0. The number of ether oxygens (including phenoxy) is 1. The average Bonchev–Trinajstić information content (AvgIpc) is 2.44. The van der Waals surface area contributed by atoms with Crippen LogP contribution < -0.4 is 5.32 Å². The fraction of sp³-hybridized carbons (Fsp3) is 0.625. The number of hydrogen-bond donors (Lipinski definition) is 1. The van der Waals surface area contributed by atoms with E-state index in [0.717, 1.165) is 25.8 Å². The van der Waals surface area contributed by atoms with Gasteiger partial charge in [0, 0.05) is 18.2 Å². The van der Waals surface area contributed by atoms with Crippen molar-refractivity contribution in [3.05, 3.63) is 34.6 Å². The summed E-state index contributed by atoms with van der Waals surface area (Å²) in [7, 11) is 1.72. The van der Waals surface area contributed by atoms with Crippen molar-refractivity contribution in [3.63, 3.8) is 0 Å². The second-order valence-electron chi connectivity index (χ2n) is 5.06. The number of methoxy groups -OCH3 is 1. The Morgan fingerprint density at radius 1 is 1.30 bits per heavy atom. The van der Waals surface area contributed by atoms with E-state index in [1.807, 2.05) is 0 Å². The SMILES string of the molecule is CCCNC(Cc1cc(Cl)ccc1F)C(CCC)OC. The van der Waals surface area contributed by atoms with Crippen LogP contribution >= 0.6 is 11.6 Å². The molecule has 0 heterocycles. The summed E-state index contributed by atoms with van der Waals surface area (Å²) in [6.45, 7) is 5.14. The van der Waals surface area contributed by atoms with Crippen molar-refractivity contribution in [2.24, 2.45) is 0 Å². The summed E-state index contributed by atoms with van der Waals surface area (Å²) in [5, 5.41) is 4.04. The summed E-state index contributed by atoms with van der Waals surface area (Å²) >= 11 is 5.96. The Bertz CT molecular complexity index is 400. The maximum absolute atomic E-state index is 13.9. The third-order valence-corrected chi connectivity index (χ3v) is 3.66. The van der Waals surface area contributed by atoms with Crippen LogP contribution in [0.1, 0.15) is 38.7 Å². The van der Waals surface area contributed by atoms with Crippen LogP contribution in [0.25, 0.3) is 0 Å². The molecule has 0 aliphatic carbocycles. The van der Waals surface area contributed by atoms with Crippen LogP contribution in [0.3, 0.4) is 0 Å². The summed E-state index contributed by atoms with van der Waals surface area (Å²) in [6.07, 6.45) is 3.72. The van der Waals surface area contributed by atoms with Gasteiger partial charge in [0.15, 0.2) is 0 Å². The van der Waals surface area contributed by atoms with Crippen molar-refractivity contribution in [2.75, 3.05) is 13.7 Å². The van der Waals surface area contributed by atoms with E-state index in [-0.39, 0.29) is 18.0 Å². The fourth-order valence-electron chi connectivity index (χ4n) is 2.37. The van der Waals surface area contributed by atoms with Crippen molar-refractivity contribution in [1.29, 1.82) is 0 Å². The van der Waals surface area contributed by atoms with Gasteiger partial charge in [0.1, 0.15) is 5.82 Å².